The van der Waals surface area contributed by atoms with E-state index in [-0.39, 0.29) is 17.8 Å². The van der Waals surface area contributed by atoms with E-state index in [1.165, 1.54) is 12.1 Å². The first kappa shape index (κ1) is 15.5. The highest BCUT2D eigenvalue weighted by molar-refractivity contribution is 5.95. The molecule has 4 nitrogen and oxygen atoms in total. The van der Waals surface area contributed by atoms with E-state index < -0.39 is 0 Å². The Bertz CT molecular complexity index is 559. The minimum absolute atomic E-state index is 0.0582. The second-order valence-corrected chi connectivity index (χ2v) is 5.34. The smallest absolute Gasteiger partial charge is 0.254 e. The number of carbonyl (C=O) groups excluding carboxylic acids is 1. The number of rotatable bonds is 3. The molecule has 0 aliphatic carbocycles. The third kappa shape index (κ3) is 3.40. The molecule has 0 radical (unpaired) electrons. The summed E-state index contributed by atoms with van der Waals surface area (Å²) in [6.07, 6.45) is 0.793. The number of halogens is 1. The molecule has 1 aromatic carbocycles. The summed E-state index contributed by atoms with van der Waals surface area (Å²) in [6, 6.07) is 6.46. The number of benzene rings is 1. The Morgan fingerprint density at radius 1 is 1.38 bits per heavy atom. The van der Waals surface area contributed by atoms with E-state index in [1.54, 1.807) is 17.9 Å². The highest BCUT2D eigenvalue weighted by Crippen LogP contribution is 2.15. The first-order valence-electron chi connectivity index (χ1n) is 7.26. The maximum absolute atomic E-state index is 13.1. The molecule has 1 atom stereocenters. The molecule has 1 aromatic rings. The average molecular weight is 289 g/mol. The number of carbonyl (C=O) groups is 1. The molecular formula is C16H20FN3O. The van der Waals surface area contributed by atoms with Crippen LogP contribution in [0.15, 0.2) is 18.2 Å². The van der Waals surface area contributed by atoms with Crippen molar-refractivity contribution in [2.24, 2.45) is 0 Å². The van der Waals surface area contributed by atoms with E-state index in [1.807, 2.05) is 6.92 Å². The maximum atomic E-state index is 13.1. The second-order valence-electron chi connectivity index (χ2n) is 5.34. The number of aryl methyl sites for hydroxylation is 1. The molecule has 0 saturated carbocycles. The highest BCUT2D eigenvalue weighted by Gasteiger charge is 2.26. The van der Waals surface area contributed by atoms with Crippen LogP contribution in [-0.2, 0) is 0 Å². The van der Waals surface area contributed by atoms with Crippen LogP contribution in [0.5, 0.6) is 0 Å². The first-order chi connectivity index (χ1) is 10.1. The molecule has 0 N–H and O–H groups in total. The number of hydrogen-bond donors (Lipinski definition) is 0. The van der Waals surface area contributed by atoms with Crippen LogP contribution < -0.4 is 0 Å². The zero-order valence-corrected chi connectivity index (χ0v) is 12.5. The number of piperazine rings is 1. The van der Waals surface area contributed by atoms with E-state index >= 15 is 0 Å². The standard InChI is InChI=1S/C16H20FN3O/c1-3-14(11-18)19-6-8-20(9-7-19)16(21)15-5-4-13(17)10-12(15)2/h4-5,10,14H,3,6-9H2,1-2H3. The molecule has 0 bridgehead atoms. The van der Waals surface area contributed by atoms with Crippen molar-refractivity contribution < 1.29 is 9.18 Å². The van der Waals surface area contributed by atoms with Gasteiger partial charge in [-0.25, -0.2) is 4.39 Å². The molecular weight excluding hydrogens is 269 g/mol. The van der Waals surface area contributed by atoms with Crippen LogP contribution >= 0.6 is 0 Å². The van der Waals surface area contributed by atoms with Crippen molar-refractivity contribution in [1.29, 1.82) is 5.26 Å². The summed E-state index contributed by atoms with van der Waals surface area (Å²) in [5.74, 6) is -0.383. The Balaban J connectivity index is 2.02. The van der Waals surface area contributed by atoms with Gasteiger partial charge in [-0.3, -0.25) is 9.69 Å². The molecule has 21 heavy (non-hydrogen) atoms. The van der Waals surface area contributed by atoms with E-state index in [0.717, 1.165) is 6.42 Å². The Morgan fingerprint density at radius 3 is 2.57 bits per heavy atom. The van der Waals surface area contributed by atoms with Crippen LogP contribution in [0, 0.1) is 24.1 Å². The van der Waals surface area contributed by atoms with Crippen LogP contribution in [0.3, 0.4) is 0 Å². The molecule has 0 aromatic heterocycles. The minimum Gasteiger partial charge on any atom is -0.336 e. The molecule has 0 spiro atoms. The zero-order valence-electron chi connectivity index (χ0n) is 12.5. The Labute approximate surface area is 124 Å². The van der Waals surface area contributed by atoms with Gasteiger partial charge in [-0.1, -0.05) is 6.92 Å². The molecule has 1 heterocycles. The van der Waals surface area contributed by atoms with Gasteiger partial charge in [0.25, 0.3) is 5.91 Å². The van der Waals surface area contributed by atoms with Gasteiger partial charge in [0.05, 0.1) is 12.1 Å². The number of hydrogen-bond acceptors (Lipinski definition) is 3. The fourth-order valence-electron chi connectivity index (χ4n) is 2.71. The summed E-state index contributed by atoms with van der Waals surface area (Å²) >= 11 is 0. The van der Waals surface area contributed by atoms with Crippen molar-refractivity contribution in [2.75, 3.05) is 26.2 Å². The lowest BCUT2D eigenvalue weighted by Gasteiger charge is -2.36. The van der Waals surface area contributed by atoms with Crippen LogP contribution in [0.25, 0.3) is 0 Å². The van der Waals surface area contributed by atoms with Gasteiger partial charge in [0.1, 0.15) is 5.82 Å². The van der Waals surface area contributed by atoms with Gasteiger partial charge >= 0.3 is 0 Å². The van der Waals surface area contributed by atoms with Crippen molar-refractivity contribution in [2.45, 2.75) is 26.3 Å². The van der Waals surface area contributed by atoms with Gasteiger partial charge in [0.2, 0.25) is 0 Å². The number of amides is 1. The van der Waals surface area contributed by atoms with Gasteiger partial charge in [-0.15, -0.1) is 0 Å². The lowest BCUT2D eigenvalue weighted by atomic mass is 10.1. The molecule has 1 unspecified atom stereocenters. The molecule has 112 valence electrons. The monoisotopic (exact) mass is 289 g/mol. The normalized spacial score (nSPS) is 17.3. The summed E-state index contributed by atoms with van der Waals surface area (Å²) in [5, 5.41) is 9.09. The summed E-state index contributed by atoms with van der Waals surface area (Å²) in [4.78, 5) is 16.4. The largest absolute Gasteiger partial charge is 0.336 e. The van der Waals surface area contributed by atoms with Gasteiger partial charge in [-0.2, -0.15) is 5.26 Å². The summed E-state index contributed by atoms with van der Waals surface area (Å²) in [7, 11) is 0. The van der Waals surface area contributed by atoms with E-state index in [2.05, 4.69) is 11.0 Å². The van der Waals surface area contributed by atoms with E-state index in [4.69, 9.17) is 5.26 Å². The molecule has 1 aliphatic heterocycles. The maximum Gasteiger partial charge on any atom is 0.254 e. The van der Waals surface area contributed by atoms with Crippen LogP contribution in [0.1, 0.15) is 29.3 Å². The quantitative estimate of drug-likeness (QED) is 0.857. The molecule has 2 rings (SSSR count). The highest BCUT2D eigenvalue weighted by atomic mass is 19.1. The van der Waals surface area contributed by atoms with Crippen molar-refractivity contribution in [1.82, 2.24) is 9.80 Å². The van der Waals surface area contributed by atoms with E-state index in [9.17, 15) is 9.18 Å². The van der Waals surface area contributed by atoms with Gasteiger partial charge in [-0.05, 0) is 37.1 Å². The summed E-state index contributed by atoms with van der Waals surface area (Å²) in [5.41, 5.74) is 1.21. The van der Waals surface area contributed by atoms with Crippen molar-refractivity contribution in [3.05, 3.63) is 35.1 Å². The summed E-state index contributed by atoms with van der Waals surface area (Å²) in [6.45, 7) is 6.36. The Hall–Kier alpha value is -1.93. The fourth-order valence-corrected chi connectivity index (χ4v) is 2.71. The van der Waals surface area contributed by atoms with Crippen molar-refractivity contribution >= 4 is 5.91 Å². The van der Waals surface area contributed by atoms with Crippen LogP contribution in [0.2, 0.25) is 0 Å². The number of nitrogens with zero attached hydrogens (tertiary/aromatic N) is 3. The molecule has 1 fully saturated rings. The van der Waals surface area contributed by atoms with Gasteiger partial charge < -0.3 is 4.90 Å². The Kier molecular flexibility index (Phi) is 4.92. The predicted molar refractivity (Wildman–Crippen MR) is 78.3 cm³/mol. The third-order valence-corrected chi connectivity index (χ3v) is 4.00. The molecule has 1 aliphatic rings. The van der Waals surface area contributed by atoms with E-state index in [0.29, 0.717) is 37.3 Å². The van der Waals surface area contributed by atoms with Crippen molar-refractivity contribution in [3.8, 4) is 6.07 Å². The first-order valence-corrected chi connectivity index (χ1v) is 7.26. The van der Waals surface area contributed by atoms with Gasteiger partial charge in [0, 0.05) is 31.7 Å². The second kappa shape index (κ2) is 6.68. The number of nitriles is 1. The lowest BCUT2D eigenvalue weighted by Crippen LogP contribution is -2.51. The minimum atomic E-state index is -0.325. The lowest BCUT2D eigenvalue weighted by molar-refractivity contribution is 0.0604. The topological polar surface area (TPSA) is 47.3 Å². The molecule has 1 saturated heterocycles. The third-order valence-electron chi connectivity index (χ3n) is 4.00. The Morgan fingerprint density at radius 2 is 2.05 bits per heavy atom. The SMILES string of the molecule is CCC(C#N)N1CCN(C(=O)c2ccc(F)cc2C)CC1. The van der Waals surface area contributed by atoms with Crippen LogP contribution in [0.4, 0.5) is 4.39 Å². The average Bonchev–Trinajstić information content (AvgIpc) is 2.48. The van der Waals surface area contributed by atoms with Crippen molar-refractivity contribution in [3.63, 3.8) is 0 Å². The molecule has 5 heteroatoms. The van der Waals surface area contributed by atoms with Crippen LogP contribution in [-0.4, -0.2) is 47.9 Å². The fraction of sp³-hybridized carbons (Fsp3) is 0.500. The predicted octanol–water partition coefficient (Wildman–Crippen LogP) is 2.19. The zero-order chi connectivity index (χ0) is 15.4. The summed E-state index contributed by atoms with van der Waals surface area (Å²) < 4.78 is 13.1. The van der Waals surface area contributed by atoms with Gasteiger partial charge in [0.15, 0.2) is 0 Å². The molecule has 1 amide bonds.